The van der Waals surface area contributed by atoms with E-state index in [0.717, 1.165) is 19.3 Å². The minimum atomic E-state index is -0.228. The summed E-state index contributed by atoms with van der Waals surface area (Å²) in [6.07, 6.45) is 8.61. The maximum absolute atomic E-state index is 12.7. The van der Waals surface area contributed by atoms with Gasteiger partial charge in [-0.2, -0.15) is 5.26 Å². The molecule has 2 N–H and O–H groups in total. The van der Waals surface area contributed by atoms with Crippen LogP contribution in [0.5, 0.6) is 0 Å². The number of nitriles is 1. The van der Waals surface area contributed by atoms with E-state index in [4.69, 9.17) is 10.5 Å². The summed E-state index contributed by atoms with van der Waals surface area (Å²) in [6, 6.07) is 2.18. The van der Waals surface area contributed by atoms with Gasteiger partial charge in [-0.1, -0.05) is 26.0 Å². The molecular weight excluding hydrogens is 276 g/mol. The summed E-state index contributed by atoms with van der Waals surface area (Å²) in [6.45, 7) is 4.13. The quantitative estimate of drug-likeness (QED) is 0.753. The van der Waals surface area contributed by atoms with Crippen LogP contribution in [-0.4, -0.2) is 5.78 Å². The highest BCUT2D eigenvalue weighted by atomic mass is 16.5. The van der Waals surface area contributed by atoms with Crippen LogP contribution in [0.2, 0.25) is 0 Å². The van der Waals surface area contributed by atoms with E-state index in [2.05, 4.69) is 32.1 Å². The molecule has 0 radical (unpaired) electrons. The Hall–Kier alpha value is -2.02. The minimum absolute atomic E-state index is 0.107. The van der Waals surface area contributed by atoms with Crippen molar-refractivity contribution in [2.24, 2.45) is 23.0 Å². The second kappa shape index (κ2) is 5.31. The van der Waals surface area contributed by atoms with E-state index in [1.54, 1.807) is 0 Å². The summed E-state index contributed by atoms with van der Waals surface area (Å²) in [5.74, 6) is 0.905. The number of carbonyl (C=O) groups excluding carboxylic acids is 1. The van der Waals surface area contributed by atoms with E-state index in [-0.39, 0.29) is 28.9 Å². The molecule has 0 fully saturated rings. The van der Waals surface area contributed by atoms with Crippen LogP contribution in [0, 0.1) is 28.6 Å². The van der Waals surface area contributed by atoms with Gasteiger partial charge in [-0.05, 0) is 30.6 Å². The summed E-state index contributed by atoms with van der Waals surface area (Å²) in [7, 11) is 0. The lowest BCUT2D eigenvalue weighted by atomic mass is 9.67. The molecule has 1 aliphatic heterocycles. The van der Waals surface area contributed by atoms with Crippen LogP contribution in [-0.2, 0) is 9.53 Å². The molecule has 2 atom stereocenters. The number of allylic oxidation sites excluding steroid dienone is 5. The molecule has 2 aliphatic carbocycles. The van der Waals surface area contributed by atoms with Gasteiger partial charge in [-0.25, -0.2) is 0 Å². The van der Waals surface area contributed by atoms with Gasteiger partial charge in [-0.3, -0.25) is 4.79 Å². The normalized spacial score (nSPS) is 30.7. The van der Waals surface area contributed by atoms with Crippen molar-refractivity contribution in [3.63, 3.8) is 0 Å². The molecule has 3 rings (SSSR count). The summed E-state index contributed by atoms with van der Waals surface area (Å²) < 4.78 is 5.69. The molecule has 0 aromatic rings. The topological polar surface area (TPSA) is 76.1 Å². The largest absolute Gasteiger partial charge is 0.444 e. The van der Waals surface area contributed by atoms with Crippen LogP contribution >= 0.6 is 0 Å². The Labute approximate surface area is 131 Å². The Morgan fingerprint density at radius 2 is 2.18 bits per heavy atom. The fourth-order valence-electron chi connectivity index (χ4n) is 3.87. The van der Waals surface area contributed by atoms with Gasteiger partial charge in [0.25, 0.3) is 0 Å². The molecule has 0 aromatic heterocycles. The number of Topliss-reactive ketones (excluding diaryl/α,β-unsaturated/α-hetero) is 1. The third kappa shape index (κ3) is 2.45. The fourth-order valence-corrected chi connectivity index (χ4v) is 3.87. The summed E-state index contributed by atoms with van der Waals surface area (Å²) >= 11 is 0. The molecule has 22 heavy (non-hydrogen) atoms. The second-order valence-electron chi connectivity index (χ2n) is 7.27. The fraction of sp³-hybridized carbons (Fsp3) is 0.556. The third-order valence-electron chi connectivity index (χ3n) is 4.84. The van der Waals surface area contributed by atoms with Crippen molar-refractivity contribution in [1.82, 2.24) is 0 Å². The lowest BCUT2D eigenvalue weighted by molar-refractivity contribution is -0.119. The maximum Gasteiger partial charge on any atom is 0.204 e. The summed E-state index contributed by atoms with van der Waals surface area (Å²) in [5, 5.41) is 9.52. The Morgan fingerprint density at radius 3 is 2.82 bits per heavy atom. The van der Waals surface area contributed by atoms with Crippen molar-refractivity contribution in [2.45, 2.75) is 46.0 Å². The minimum Gasteiger partial charge on any atom is -0.444 e. The van der Waals surface area contributed by atoms with E-state index in [1.807, 2.05) is 0 Å². The lowest BCUT2D eigenvalue weighted by Crippen LogP contribution is -2.36. The second-order valence-corrected chi connectivity index (χ2v) is 7.27. The van der Waals surface area contributed by atoms with Crippen molar-refractivity contribution in [3.05, 3.63) is 34.9 Å². The van der Waals surface area contributed by atoms with E-state index in [9.17, 15) is 10.1 Å². The first-order valence-corrected chi connectivity index (χ1v) is 7.93. The lowest BCUT2D eigenvalue weighted by Gasteiger charge is -2.39. The molecule has 0 saturated carbocycles. The number of hydrogen-bond acceptors (Lipinski definition) is 4. The molecule has 4 heteroatoms. The number of nitrogens with two attached hydrogens (primary N) is 1. The van der Waals surface area contributed by atoms with Gasteiger partial charge in [0, 0.05) is 24.3 Å². The van der Waals surface area contributed by atoms with Crippen molar-refractivity contribution in [3.8, 4) is 6.07 Å². The Morgan fingerprint density at radius 1 is 1.41 bits per heavy atom. The van der Waals surface area contributed by atoms with Gasteiger partial charge in [-0.15, -0.1) is 0 Å². The molecule has 0 spiro atoms. The molecule has 1 heterocycles. The molecule has 116 valence electrons. The first-order chi connectivity index (χ1) is 10.4. The number of nitrogens with zero attached hydrogens (tertiary/aromatic N) is 1. The van der Waals surface area contributed by atoms with Crippen LogP contribution in [0.1, 0.15) is 46.0 Å². The maximum atomic E-state index is 12.7. The predicted molar refractivity (Wildman–Crippen MR) is 82.9 cm³/mol. The number of ether oxygens (including phenoxy) is 1. The Kier molecular flexibility index (Phi) is 3.60. The number of ketones is 1. The van der Waals surface area contributed by atoms with E-state index in [1.165, 1.54) is 0 Å². The van der Waals surface area contributed by atoms with E-state index in [0.29, 0.717) is 29.7 Å². The van der Waals surface area contributed by atoms with Crippen LogP contribution in [0.25, 0.3) is 0 Å². The van der Waals surface area contributed by atoms with Crippen molar-refractivity contribution in [1.29, 1.82) is 5.26 Å². The highest BCUT2D eigenvalue weighted by Crippen LogP contribution is 2.47. The summed E-state index contributed by atoms with van der Waals surface area (Å²) in [4.78, 5) is 12.7. The van der Waals surface area contributed by atoms with Gasteiger partial charge < -0.3 is 10.5 Å². The van der Waals surface area contributed by atoms with Gasteiger partial charge >= 0.3 is 0 Å². The Balaban J connectivity index is 2.09. The first-order valence-electron chi connectivity index (χ1n) is 7.93. The zero-order chi connectivity index (χ0) is 15.9. The molecule has 0 amide bonds. The molecule has 0 aromatic carbocycles. The number of rotatable bonds is 1. The van der Waals surface area contributed by atoms with Crippen LogP contribution in [0.15, 0.2) is 34.9 Å². The van der Waals surface area contributed by atoms with Crippen molar-refractivity contribution < 1.29 is 9.53 Å². The predicted octanol–water partition coefficient (Wildman–Crippen LogP) is 3.33. The number of carbonyl (C=O) groups is 1. The van der Waals surface area contributed by atoms with E-state index >= 15 is 0 Å². The first kappa shape index (κ1) is 14.9. The van der Waals surface area contributed by atoms with Crippen molar-refractivity contribution >= 4 is 5.78 Å². The molecular formula is C18H22N2O2. The summed E-state index contributed by atoms with van der Waals surface area (Å²) in [5.41, 5.74) is 6.99. The van der Waals surface area contributed by atoms with Crippen LogP contribution in [0.3, 0.4) is 0 Å². The zero-order valence-corrected chi connectivity index (χ0v) is 13.2. The monoisotopic (exact) mass is 298 g/mol. The standard InChI is InChI=1S/C18H22N2O2/c1-18(2)8-13(21)16-14(9-18)22-17(20)12(10-19)15(16)11-6-4-3-5-7-11/h4,6,11,15H,3,5,7-9,20H2,1-2H3/t11-,15+/m0/s1. The van der Waals surface area contributed by atoms with Gasteiger partial charge in [0.1, 0.15) is 11.8 Å². The Bertz CT molecular complexity index is 646. The molecule has 0 saturated heterocycles. The third-order valence-corrected chi connectivity index (χ3v) is 4.84. The number of hydrogen-bond donors (Lipinski definition) is 1. The smallest absolute Gasteiger partial charge is 0.204 e. The average molecular weight is 298 g/mol. The van der Waals surface area contributed by atoms with E-state index < -0.39 is 0 Å². The highest BCUT2D eigenvalue weighted by molar-refractivity contribution is 5.98. The highest BCUT2D eigenvalue weighted by Gasteiger charge is 2.44. The SMILES string of the molecule is CC1(C)CC(=O)C2=C(C1)OC(N)=C(C#N)[C@H]2[C@H]1C=CCCC1. The van der Waals surface area contributed by atoms with Gasteiger partial charge in [0.15, 0.2) is 5.78 Å². The van der Waals surface area contributed by atoms with Crippen LogP contribution < -0.4 is 5.73 Å². The molecule has 0 unspecified atom stereocenters. The average Bonchev–Trinajstić information content (AvgIpc) is 2.45. The molecule has 0 bridgehead atoms. The van der Waals surface area contributed by atoms with Crippen molar-refractivity contribution in [2.75, 3.05) is 0 Å². The van der Waals surface area contributed by atoms with Crippen LogP contribution in [0.4, 0.5) is 0 Å². The zero-order valence-electron chi connectivity index (χ0n) is 13.2. The van der Waals surface area contributed by atoms with Gasteiger partial charge in [0.05, 0.1) is 5.57 Å². The van der Waals surface area contributed by atoms with Gasteiger partial charge in [0.2, 0.25) is 5.88 Å². The molecule has 4 nitrogen and oxygen atoms in total. The molecule has 3 aliphatic rings.